The fourth-order valence-electron chi connectivity index (χ4n) is 2.12. The van der Waals surface area contributed by atoms with Crippen LogP contribution in [0.2, 0.25) is 0 Å². The molecule has 1 unspecified atom stereocenters. The van der Waals surface area contributed by atoms with E-state index < -0.39 is 22.4 Å². The Hall–Kier alpha value is -1.02. The van der Waals surface area contributed by atoms with Crippen LogP contribution in [-0.4, -0.2) is 33.3 Å². The molecule has 7 heteroatoms. The Morgan fingerprint density at radius 3 is 2.90 bits per heavy atom. The molecule has 0 aliphatic carbocycles. The summed E-state index contributed by atoms with van der Waals surface area (Å²) < 4.78 is 45.2. The minimum atomic E-state index is -3.69. The van der Waals surface area contributed by atoms with Gasteiger partial charge in [0.25, 0.3) is 0 Å². The fourth-order valence-corrected chi connectivity index (χ4v) is 3.29. The first-order valence-electron chi connectivity index (χ1n) is 6.49. The Bertz CT molecular complexity index is 555. The molecule has 2 rings (SSSR count). The van der Waals surface area contributed by atoms with E-state index >= 15 is 0 Å². The maximum Gasteiger partial charge on any atom is 0.240 e. The van der Waals surface area contributed by atoms with Gasteiger partial charge >= 0.3 is 0 Å². The van der Waals surface area contributed by atoms with Crippen molar-refractivity contribution in [2.24, 2.45) is 5.92 Å². The van der Waals surface area contributed by atoms with Gasteiger partial charge in [-0.05, 0) is 37.0 Å². The van der Waals surface area contributed by atoms with Crippen molar-refractivity contribution in [3.8, 4) is 0 Å². The number of hydrogen-bond donors (Lipinski definition) is 2. The highest BCUT2D eigenvalue weighted by molar-refractivity contribution is 7.89. The molecule has 1 saturated heterocycles. The van der Waals surface area contributed by atoms with Gasteiger partial charge in [0.1, 0.15) is 5.82 Å². The minimum Gasteiger partial charge on any atom is -0.392 e. The summed E-state index contributed by atoms with van der Waals surface area (Å²) in [7, 11) is -3.69. The Kier molecular flexibility index (Phi) is 5.09. The molecule has 0 aromatic heterocycles. The standard InChI is InChI=1S/C13H18FNO4S/c14-13-4-3-12(6-11(13)8-16)20(17,18)15-7-10-2-1-5-19-9-10/h3-4,6,10,15-16H,1-2,5,7-9H2. The lowest BCUT2D eigenvalue weighted by Gasteiger charge is -2.22. The molecule has 0 radical (unpaired) electrons. The number of rotatable bonds is 5. The molecule has 1 aromatic carbocycles. The zero-order chi connectivity index (χ0) is 14.6. The highest BCUT2D eigenvalue weighted by Gasteiger charge is 2.20. The van der Waals surface area contributed by atoms with Crippen LogP contribution in [0.3, 0.4) is 0 Å². The molecule has 1 aliphatic heterocycles. The van der Waals surface area contributed by atoms with E-state index in [0.717, 1.165) is 31.6 Å². The predicted octanol–water partition coefficient (Wildman–Crippen LogP) is 1.02. The van der Waals surface area contributed by atoms with Crippen LogP contribution in [0, 0.1) is 11.7 Å². The van der Waals surface area contributed by atoms with Crippen LogP contribution in [0.15, 0.2) is 23.1 Å². The Balaban J connectivity index is 2.05. The minimum absolute atomic E-state index is 0.0334. The van der Waals surface area contributed by atoms with Crippen molar-refractivity contribution in [2.45, 2.75) is 24.3 Å². The smallest absolute Gasteiger partial charge is 0.240 e. The van der Waals surface area contributed by atoms with Gasteiger partial charge in [0, 0.05) is 18.7 Å². The Labute approximate surface area is 117 Å². The second kappa shape index (κ2) is 6.62. The van der Waals surface area contributed by atoms with Crippen LogP contribution < -0.4 is 4.72 Å². The molecule has 1 aromatic rings. The average molecular weight is 303 g/mol. The van der Waals surface area contributed by atoms with Crippen LogP contribution in [0.1, 0.15) is 18.4 Å². The number of nitrogens with one attached hydrogen (secondary N) is 1. The van der Waals surface area contributed by atoms with Gasteiger partial charge in [0.2, 0.25) is 10.0 Å². The summed E-state index contributed by atoms with van der Waals surface area (Å²) in [6.45, 7) is 1.04. The number of aliphatic hydroxyl groups is 1. The van der Waals surface area contributed by atoms with Gasteiger partial charge in [0.15, 0.2) is 0 Å². The van der Waals surface area contributed by atoms with E-state index in [1.54, 1.807) is 0 Å². The van der Waals surface area contributed by atoms with Gasteiger partial charge in [-0.1, -0.05) is 0 Å². The molecule has 0 spiro atoms. The van der Waals surface area contributed by atoms with Crippen molar-refractivity contribution in [1.82, 2.24) is 4.72 Å². The van der Waals surface area contributed by atoms with Crippen molar-refractivity contribution in [2.75, 3.05) is 19.8 Å². The summed E-state index contributed by atoms with van der Waals surface area (Å²) in [4.78, 5) is -0.0420. The lowest BCUT2D eigenvalue weighted by Crippen LogP contribution is -2.33. The van der Waals surface area contributed by atoms with Gasteiger partial charge in [0.05, 0.1) is 18.1 Å². The summed E-state index contributed by atoms with van der Waals surface area (Å²) in [5.74, 6) is -0.455. The number of halogens is 1. The molecule has 1 atom stereocenters. The molecule has 112 valence electrons. The second-order valence-electron chi connectivity index (χ2n) is 4.85. The highest BCUT2D eigenvalue weighted by Crippen LogP contribution is 2.17. The lowest BCUT2D eigenvalue weighted by molar-refractivity contribution is 0.0568. The third-order valence-corrected chi connectivity index (χ3v) is 4.74. The Morgan fingerprint density at radius 2 is 2.25 bits per heavy atom. The first kappa shape index (κ1) is 15.4. The van der Waals surface area contributed by atoms with Crippen LogP contribution in [0.5, 0.6) is 0 Å². The lowest BCUT2D eigenvalue weighted by atomic mass is 10.0. The van der Waals surface area contributed by atoms with E-state index in [-0.39, 0.29) is 16.4 Å². The van der Waals surface area contributed by atoms with E-state index in [2.05, 4.69) is 4.72 Å². The zero-order valence-electron chi connectivity index (χ0n) is 11.0. The molecule has 2 N–H and O–H groups in total. The zero-order valence-corrected chi connectivity index (χ0v) is 11.8. The van der Waals surface area contributed by atoms with E-state index in [1.165, 1.54) is 6.07 Å². The summed E-state index contributed by atoms with van der Waals surface area (Å²) >= 11 is 0. The Morgan fingerprint density at radius 1 is 1.45 bits per heavy atom. The highest BCUT2D eigenvalue weighted by atomic mass is 32.2. The van der Waals surface area contributed by atoms with Crippen molar-refractivity contribution in [3.63, 3.8) is 0 Å². The maximum atomic E-state index is 13.2. The molecule has 20 heavy (non-hydrogen) atoms. The third-order valence-electron chi connectivity index (χ3n) is 3.31. The first-order chi connectivity index (χ1) is 9.53. The van der Waals surface area contributed by atoms with Crippen molar-refractivity contribution in [1.29, 1.82) is 0 Å². The summed E-state index contributed by atoms with van der Waals surface area (Å²) in [5.41, 5.74) is -0.0334. The third kappa shape index (κ3) is 3.76. The topological polar surface area (TPSA) is 75.6 Å². The van der Waals surface area contributed by atoms with Gasteiger partial charge in [-0.25, -0.2) is 17.5 Å². The summed E-state index contributed by atoms with van der Waals surface area (Å²) in [5, 5.41) is 8.97. The maximum absolute atomic E-state index is 13.2. The van der Waals surface area contributed by atoms with Crippen molar-refractivity contribution < 1.29 is 22.7 Å². The monoisotopic (exact) mass is 303 g/mol. The van der Waals surface area contributed by atoms with E-state index in [0.29, 0.717) is 13.2 Å². The summed E-state index contributed by atoms with van der Waals surface area (Å²) in [6, 6.07) is 3.38. The largest absolute Gasteiger partial charge is 0.392 e. The number of aliphatic hydroxyl groups excluding tert-OH is 1. The predicted molar refractivity (Wildman–Crippen MR) is 71.1 cm³/mol. The number of ether oxygens (including phenoxy) is 1. The molecule has 0 bridgehead atoms. The quantitative estimate of drug-likeness (QED) is 0.851. The van der Waals surface area contributed by atoms with Crippen molar-refractivity contribution in [3.05, 3.63) is 29.6 Å². The van der Waals surface area contributed by atoms with Gasteiger partial charge in [-0.2, -0.15) is 0 Å². The fraction of sp³-hybridized carbons (Fsp3) is 0.538. The van der Waals surface area contributed by atoms with Gasteiger partial charge in [-0.3, -0.25) is 0 Å². The van der Waals surface area contributed by atoms with Crippen LogP contribution in [0.25, 0.3) is 0 Å². The molecule has 1 heterocycles. The van der Waals surface area contributed by atoms with Crippen LogP contribution in [-0.2, 0) is 21.4 Å². The van der Waals surface area contributed by atoms with Crippen molar-refractivity contribution >= 4 is 10.0 Å². The van der Waals surface area contributed by atoms with Gasteiger partial charge < -0.3 is 9.84 Å². The molecule has 0 amide bonds. The van der Waals surface area contributed by atoms with Crippen LogP contribution in [0.4, 0.5) is 4.39 Å². The van der Waals surface area contributed by atoms with Crippen LogP contribution >= 0.6 is 0 Å². The van der Waals surface area contributed by atoms with E-state index in [1.807, 2.05) is 0 Å². The molecule has 1 fully saturated rings. The molecular weight excluding hydrogens is 285 g/mol. The van der Waals surface area contributed by atoms with E-state index in [9.17, 15) is 12.8 Å². The molecule has 1 aliphatic rings. The number of hydrogen-bond acceptors (Lipinski definition) is 4. The number of benzene rings is 1. The first-order valence-corrected chi connectivity index (χ1v) is 7.98. The second-order valence-corrected chi connectivity index (χ2v) is 6.61. The molecular formula is C13H18FNO4S. The van der Waals surface area contributed by atoms with E-state index in [4.69, 9.17) is 9.84 Å². The normalized spacial score (nSPS) is 20.0. The van der Waals surface area contributed by atoms with Gasteiger partial charge in [-0.15, -0.1) is 0 Å². The SMILES string of the molecule is O=S(=O)(NCC1CCCOC1)c1ccc(F)c(CO)c1. The summed E-state index contributed by atoms with van der Waals surface area (Å²) in [6.07, 6.45) is 1.85. The number of sulfonamides is 1. The molecule has 5 nitrogen and oxygen atoms in total. The average Bonchev–Trinajstić information content (AvgIpc) is 2.46. The molecule has 0 saturated carbocycles.